The molecule has 1 aliphatic carbocycles. The van der Waals surface area contributed by atoms with Crippen LogP contribution in [0.2, 0.25) is 0 Å². The van der Waals surface area contributed by atoms with Gasteiger partial charge in [0.15, 0.2) is 0 Å². The first kappa shape index (κ1) is 18.5. The normalized spacial score (nSPS) is 20.2. The molecule has 1 fully saturated rings. The van der Waals surface area contributed by atoms with Gasteiger partial charge in [-0.25, -0.2) is 0 Å². The third kappa shape index (κ3) is 8.45. The number of carboxylic acids is 1. The number of nitrogens with zero attached hydrogens (tertiary/aromatic N) is 1. The van der Waals surface area contributed by atoms with Crippen molar-refractivity contribution in [2.75, 3.05) is 6.54 Å². The molecule has 1 saturated carbocycles. The lowest BCUT2D eigenvalue weighted by Crippen LogP contribution is -2.41. The first-order chi connectivity index (χ1) is 10.1. The minimum Gasteiger partial charge on any atom is -0.481 e. The highest BCUT2D eigenvalue weighted by Crippen LogP contribution is 2.22. The summed E-state index contributed by atoms with van der Waals surface area (Å²) in [6.07, 6.45) is 15.1. The van der Waals surface area contributed by atoms with Crippen molar-refractivity contribution in [3.8, 4) is 0 Å². The largest absolute Gasteiger partial charge is 0.481 e. The van der Waals surface area contributed by atoms with E-state index in [0.717, 1.165) is 0 Å². The molecule has 0 aromatic carbocycles. The number of hydrogen-bond donors (Lipinski definition) is 1. The maximum atomic E-state index is 10.9. The van der Waals surface area contributed by atoms with Crippen LogP contribution < -0.4 is 0 Å². The van der Waals surface area contributed by atoms with E-state index in [0.29, 0.717) is 18.6 Å². The molecule has 0 spiro atoms. The van der Waals surface area contributed by atoms with E-state index >= 15 is 0 Å². The summed E-state index contributed by atoms with van der Waals surface area (Å²) >= 11 is 0. The SMILES string of the molecule is CC(C)N(CCC(=O)O)C1CCCCCCCCCCC1. The van der Waals surface area contributed by atoms with Crippen LogP contribution in [0.25, 0.3) is 0 Å². The molecule has 0 aromatic heterocycles. The van der Waals surface area contributed by atoms with E-state index in [1.165, 1.54) is 70.6 Å². The number of carboxylic acid groups (broad SMARTS) is 1. The molecule has 0 saturated heterocycles. The quantitative estimate of drug-likeness (QED) is 0.789. The van der Waals surface area contributed by atoms with Crippen LogP contribution >= 0.6 is 0 Å². The average molecular weight is 297 g/mol. The zero-order chi connectivity index (χ0) is 15.5. The Bertz CT molecular complexity index is 266. The van der Waals surface area contributed by atoms with E-state index in [1.807, 2.05) is 0 Å². The second-order valence-corrected chi connectivity index (χ2v) is 6.89. The fourth-order valence-corrected chi connectivity index (χ4v) is 3.56. The van der Waals surface area contributed by atoms with E-state index in [4.69, 9.17) is 5.11 Å². The Kier molecular flexibility index (Phi) is 9.73. The summed E-state index contributed by atoms with van der Waals surface area (Å²) in [7, 11) is 0. The van der Waals surface area contributed by atoms with Crippen LogP contribution in [0.1, 0.15) is 90.9 Å². The summed E-state index contributed by atoms with van der Waals surface area (Å²) in [6.45, 7) is 5.12. The molecule has 0 aliphatic heterocycles. The number of aliphatic carboxylic acids is 1. The van der Waals surface area contributed by atoms with Gasteiger partial charge in [-0.15, -0.1) is 0 Å². The molecule has 0 heterocycles. The Labute approximate surface area is 131 Å². The van der Waals surface area contributed by atoms with Gasteiger partial charge in [-0.1, -0.05) is 57.8 Å². The van der Waals surface area contributed by atoms with Crippen LogP contribution in [-0.4, -0.2) is 34.6 Å². The zero-order valence-electron chi connectivity index (χ0n) is 14.1. The van der Waals surface area contributed by atoms with Crippen molar-refractivity contribution < 1.29 is 9.90 Å². The minimum atomic E-state index is -0.672. The second-order valence-electron chi connectivity index (χ2n) is 6.89. The van der Waals surface area contributed by atoms with Gasteiger partial charge in [-0.3, -0.25) is 9.69 Å². The Morgan fingerprint density at radius 2 is 1.38 bits per heavy atom. The van der Waals surface area contributed by atoms with Crippen molar-refractivity contribution in [2.24, 2.45) is 0 Å². The van der Waals surface area contributed by atoms with Crippen LogP contribution in [-0.2, 0) is 4.79 Å². The van der Waals surface area contributed by atoms with Crippen molar-refractivity contribution in [2.45, 2.75) is 103 Å². The third-order valence-electron chi connectivity index (χ3n) is 4.79. The summed E-state index contributed by atoms with van der Waals surface area (Å²) in [5, 5.41) is 8.97. The minimum absolute atomic E-state index is 0.272. The molecule has 0 aromatic rings. The summed E-state index contributed by atoms with van der Waals surface area (Å²) < 4.78 is 0. The van der Waals surface area contributed by atoms with Gasteiger partial charge in [0, 0.05) is 18.6 Å². The molecule has 0 amide bonds. The summed E-state index contributed by atoms with van der Waals surface area (Å²) in [5.41, 5.74) is 0. The smallest absolute Gasteiger partial charge is 0.304 e. The molecule has 0 unspecified atom stereocenters. The van der Waals surface area contributed by atoms with Crippen molar-refractivity contribution >= 4 is 5.97 Å². The van der Waals surface area contributed by atoms with Crippen LogP contribution in [0.3, 0.4) is 0 Å². The van der Waals surface area contributed by atoms with Gasteiger partial charge >= 0.3 is 5.97 Å². The molecule has 1 N–H and O–H groups in total. The van der Waals surface area contributed by atoms with Gasteiger partial charge in [0.1, 0.15) is 0 Å². The Morgan fingerprint density at radius 3 is 1.76 bits per heavy atom. The highest BCUT2D eigenvalue weighted by Gasteiger charge is 2.21. The molecule has 0 radical (unpaired) electrons. The van der Waals surface area contributed by atoms with E-state index in [-0.39, 0.29) is 6.42 Å². The molecular formula is C18H35NO2. The van der Waals surface area contributed by atoms with Gasteiger partial charge in [0.2, 0.25) is 0 Å². The second kappa shape index (κ2) is 11.1. The van der Waals surface area contributed by atoms with Crippen molar-refractivity contribution in [1.82, 2.24) is 4.90 Å². The van der Waals surface area contributed by atoms with Crippen molar-refractivity contribution in [1.29, 1.82) is 0 Å². The van der Waals surface area contributed by atoms with Crippen LogP contribution in [0.5, 0.6) is 0 Å². The van der Waals surface area contributed by atoms with Crippen LogP contribution in [0, 0.1) is 0 Å². The lowest BCUT2D eigenvalue weighted by molar-refractivity contribution is -0.137. The fraction of sp³-hybridized carbons (Fsp3) is 0.944. The van der Waals surface area contributed by atoms with Gasteiger partial charge in [0.25, 0.3) is 0 Å². The van der Waals surface area contributed by atoms with Gasteiger partial charge < -0.3 is 5.11 Å². The predicted molar refractivity (Wildman–Crippen MR) is 88.7 cm³/mol. The molecule has 3 heteroatoms. The molecular weight excluding hydrogens is 262 g/mol. The van der Waals surface area contributed by atoms with Crippen LogP contribution in [0.4, 0.5) is 0 Å². The molecule has 3 nitrogen and oxygen atoms in total. The molecule has 1 aliphatic rings. The Morgan fingerprint density at radius 1 is 0.952 bits per heavy atom. The molecule has 124 valence electrons. The lowest BCUT2D eigenvalue weighted by Gasteiger charge is -2.35. The average Bonchev–Trinajstić information content (AvgIpc) is 2.40. The molecule has 0 bridgehead atoms. The highest BCUT2D eigenvalue weighted by atomic mass is 16.4. The monoisotopic (exact) mass is 297 g/mol. The Balaban J connectivity index is 2.54. The van der Waals surface area contributed by atoms with Crippen LogP contribution in [0.15, 0.2) is 0 Å². The molecule has 0 atom stereocenters. The van der Waals surface area contributed by atoms with E-state index in [2.05, 4.69) is 18.7 Å². The summed E-state index contributed by atoms with van der Waals surface area (Å²) in [6, 6.07) is 1.03. The first-order valence-electron chi connectivity index (χ1n) is 9.09. The number of rotatable bonds is 5. The summed E-state index contributed by atoms with van der Waals surface area (Å²) in [5.74, 6) is -0.672. The maximum absolute atomic E-state index is 10.9. The third-order valence-corrected chi connectivity index (χ3v) is 4.79. The van der Waals surface area contributed by atoms with Crippen molar-refractivity contribution in [3.05, 3.63) is 0 Å². The zero-order valence-corrected chi connectivity index (χ0v) is 14.1. The van der Waals surface area contributed by atoms with Crippen molar-refractivity contribution in [3.63, 3.8) is 0 Å². The summed E-state index contributed by atoms with van der Waals surface area (Å²) in [4.78, 5) is 13.3. The topological polar surface area (TPSA) is 40.5 Å². The van der Waals surface area contributed by atoms with Gasteiger partial charge in [-0.2, -0.15) is 0 Å². The lowest BCUT2D eigenvalue weighted by atomic mass is 9.96. The van der Waals surface area contributed by atoms with E-state index in [1.54, 1.807) is 0 Å². The standard InChI is InChI=1S/C18H35NO2/c1-16(2)19(15-14-18(20)21)17-12-10-8-6-4-3-5-7-9-11-13-17/h16-17H,3-15H2,1-2H3,(H,20,21). The number of carbonyl (C=O) groups is 1. The number of hydrogen-bond acceptors (Lipinski definition) is 2. The van der Waals surface area contributed by atoms with E-state index < -0.39 is 5.97 Å². The van der Waals surface area contributed by atoms with Gasteiger partial charge in [-0.05, 0) is 26.7 Å². The molecule has 1 rings (SSSR count). The molecule has 21 heavy (non-hydrogen) atoms. The first-order valence-corrected chi connectivity index (χ1v) is 9.09. The maximum Gasteiger partial charge on any atom is 0.304 e. The van der Waals surface area contributed by atoms with E-state index in [9.17, 15) is 4.79 Å². The Hall–Kier alpha value is -0.570. The predicted octanol–water partition coefficient (Wildman–Crippen LogP) is 4.84. The van der Waals surface area contributed by atoms with Gasteiger partial charge in [0.05, 0.1) is 6.42 Å². The highest BCUT2D eigenvalue weighted by molar-refractivity contribution is 5.66. The fourth-order valence-electron chi connectivity index (χ4n) is 3.56.